The summed E-state index contributed by atoms with van der Waals surface area (Å²) < 4.78 is 5.53. The smallest absolute Gasteiger partial charge is 0.0596 e. The Kier molecular flexibility index (Phi) is 8.90. The summed E-state index contributed by atoms with van der Waals surface area (Å²) in [7, 11) is 2.16. The van der Waals surface area contributed by atoms with E-state index in [1.807, 2.05) is 0 Å². The number of nitrogens with zero attached hydrogens (tertiary/aromatic N) is 1. The van der Waals surface area contributed by atoms with Crippen LogP contribution in [-0.2, 0) is 4.74 Å². The Morgan fingerprint density at radius 3 is 2.25 bits per heavy atom. The number of hydrogen-bond donors (Lipinski definition) is 1. The van der Waals surface area contributed by atoms with Crippen molar-refractivity contribution in [1.82, 2.24) is 10.2 Å². The van der Waals surface area contributed by atoms with E-state index in [0.717, 1.165) is 26.2 Å². The fraction of sp³-hybridized carbons (Fsp3) is 1.00. The van der Waals surface area contributed by atoms with E-state index in [2.05, 4.69) is 51.9 Å². The Balaban J connectivity index is 3.50. The molecule has 16 heavy (non-hydrogen) atoms. The van der Waals surface area contributed by atoms with E-state index < -0.39 is 0 Å². The highest BCUT2D eigenvalue weighted by molar-refractivity contribution is 4.63. The zero-order chi connectivity index (χ0) is 12.6. The van der Waals surface area contributed by atoms with Crippen molar-refractivity contribution in [2.24, 2.45) is 5.92 Å². The van der Waals surface area contributed by atoms with Crippen LogP contribution in [0.15, 0.2) is 0 Å². The largest absolute Gasteiger partial charge is 0.377 e. The standard InChI is InChI=1S/C13H30N2O/c1-11(2)14-9-13(5)10-15(6)7-8-16-12(3)4/h11-14H,7-10H2,1-6H3. The molecular weight excluding hydrogens is 200 g/mol. The molecule has 0 bridgehead atoms. The number of rotatable bonds is 9. The summed E-state index contributed by atoms with van der Waals surface area (Å²) in [5.74, 6) is 0.687. The zero-order valence-electron chi connectivity index (χ0n) is 11.9. The van der Waals surface area contributed by atoms with Crippen LogP contribution in [0.4, 0.5) is 0 Å². The maximum atomic E-state index is 5.53. The molecule has 98 valence electrons. The summed E-state index contributed by atoms with van der Waals surface area (Å²) in [4.78, 5) is 2.34. The van der Waals surface area contributed by atoms with Crippen LogP contribution >= 0.6 is 0 Å². The van der Waals surface area contributed by atoms with Gasteiger partial charge in [-0.05, 0) is 33.4 Å². The molecule has 0 saturated carbocycles. The number of ether oxygens (including phenoxy) is 1. The van der Waals surface area contributed by atoms with Gasteiger partial charge in [-0.25, -0.2) is 0 Å². The predicted octanol–water partition coefficient (Wildman–Crippen LogP) is 1.98. The maximum absolute atomic E-state index is 5.53. The van der Waals surface area contributed by atoms with E-state index in [9.17, 15) is 0 Å². The third-order valence-corrected chi connectivity index (χ3v) is 2.42. The van der Waals surface area contributed by atoms with Gasteiger partial charge in [0.05, 0.1) is 12.7 Å². The first kappa shape index (κ1) is 15.9. The Morgan fingerprint density at radius 1 is 1.12 bits per heavy atom. The molecule has 0 aromatic heterocycles. The van der Waals surface area contributed by atoms with Gasteiger partial charge in [-0.1, -0.05) is 20.8 Å². The number of likely N-dealkylation sites (N-methyl/N-ethyl adjacent to an activating group) is 1. The highest BCUT2D eigenvalue weighted by atomic mass is 16.5. The lowest BCUT2D eigenvalue weighted by Gasteiger charge is -2.22. The normalized spacial score (nSPS) is 14.1. The molecule has 0 aliphatic rings. The zero-order valence-corrected chi connectivity index (χ0v) is 11.9. The lowest BCUT2D eigenvalue weighted by molar-refractivity contribution is 0.0616. The Bertz CT molecular complexity index is 160. The van der Waals surface area contributed by atoms with Gasteiger partial charge in [0.25, 0.3) is 0 Å². The summed E-state index contributed by atoms with van der Waals surface area (Å²) in [6.07, 6.45) is 0.341. The second kappa shape index (κ2) is 8.97. The van der Waals surface area contributed by atoms with Crippen LogP contribution in [0.5, 0.6) is 0 Å². The molecule has 0 heterocycles. The molecule has 0 spiro atoms. The summed E-state index contributed by atoms with van der Waals surface area (Å²) in [6.45, 7) is 14.9. The van der Waals surface area contributed by atoms with E-state index in [1.54, 1.807) is 0 Å². The van der Waals surface area contributed by atoms with Crippen LogP contribution in [0.2, 0.25) is 0 Å². The third kappa shape index (κ3) is 10.4. The molecular formula is C13H30N2O. The van der Waals surface area contributed by atoms with E-state index in [-0.39, 0.29) is 0 Å². The first-order valence-corrected chi connectivity index (χ1v) is 6.45. The van der Waals surface area contributed by atoms with Gasteiger partial charge in [-0.3, -0.25) is 0 Å². The predicted molar refractivity (Wildman–Crippen MR) is 70.9 cm³/mol. The molecule has 1 N–H and O–H groups in total. The van der Waals surface area contributed by atoms with Crippen molar-refractivity contribution in [3.05, 3.63) is 0 Å². The number of nitrogens with one attached hydrogen (secondary N) is 1. The van der Waals surface area contributed by atoms with Crippen molar-refractivity contribution < 1.29 is 4.74 Å². The van der Waals surface area contributed by atoms with Crippen LogP contribution in [0.1, 0.15) is 34.6 Å². The average molecular weight is 230 g/mol. The molecule has 0 rings (SSSR count). The summed E-state index contributed by atoms with van der Waals surface area (Å²) in [5, 5.41) is 3.47. The minimum atomic E-state index is 0.341. The monoisotopic (exact) mass is 230 g/mol. The molecule has 0 aliphatic heterocycles. The quantitative estimate of drug-likeness (QED) is 0.655. The van der Waals surface area contributed by atoms with Crippen molar-refractivity contribution in [1.29, 1.82) is 0 Å². The molecule has 0 fully saturated rings. The Hall–Kier alpha value is -0.120. The molecule has 0 aromatic carbocycles. The topological polar surface area (TPSA) is 24.5 Å². The summed E-state index contributed by atoms with van der Waals surface area (Å²) in [6, 6.07) is 0.581. The summed E-state index contributed by atoms with van der Waals surface area (Å²) >= 11 is 0. The summed E-state index contributed by atoms with van der Waals surface area (Å²) in [5.41, 5.74) is 0. The SMILES string of the molecule is CC(CNC(C)C)CN(C)CCOC(C)C. The van der Waals surface area contributed by atoms with Gasteiger partial charge in [0.15, 0.2) is 0 Å². The molecule has 0 saturated heterocycles. The second-order valence-corrected chi connectivity index (χ2v) is 5.35. The van der Waals surface area contributed by atoms with Crippen LogP contribution in [0.3, 0.4) is 0 Å². The molecule has 3 heteroatoms. The van der Waals surface area contributed by atoms with Gasteiger partial charge in [-0.2, -0.15) is 0 Å². The van der Waals surface area contributed by atoms with Gasteiger partial charge in [0.1, 0.15) is 0 Å². The maximum Gasteiger partial charge on any atom is 0.0596 e. The molecule has 0 radical (unpaired) electrons. The fourth-order valence-electron chi connectivity index (χ4n) is 1.57. The van der Waals surface area contributed by atoms with Crippen LogP contribution in [0.25, 0.3) is 0 Å². The third-order valence-electron chi connectivity index (χ3n) is 2.42. The average Bonchev–Trinajstić information content (AvgIpc) is 2.14. The van der Waals surface area contributed by atoms with Gasteiger partial charge in [-0.15, -0.1) is 0 Å². The molecule has 0 aromatic rings. The molecule has 0 amide bonds. The van der Waals surface area contributed by atoms with E-state index in [4.69, 9.17) is 4.74 Å². The van der Waals surface area contributed by atoms with Crippen molar-refractivity contribution in [3.8, 4) is 0 Å². The van der Waals surface area contributed by atoms with Crippen LogP contribution in [-0.4, -0.2) is 50.3 Å². The lowest BCUT2D eigenvalue weighted by atomic mass is 10.1. The molecule has 1 unspecified atom stereocenters. The van der Waals surface area contributed by atoms with E-state index in [0.29, 0.717) is 18.1 Å². The Morgan fingerprint density at radius 2 is 1.75 bits per heavy atom. The minimum absolute atomic E-state index is 0.341. The highest BCUT2D eigenvalue weighted by Gasteiger charge is 2.07. The molecule has 0 aliphatic carbocycles. The molecule has 3 nitrogen and oxygen atoms in total. The van der Waals surface area contributed by atoms with Crippen molar-refractivity contribution in [3.63, 3.8) is 0 Å². The van der Waals surface area contributed by atoms with E-state index >= 15 is 0 Å². The fourth-order valence-corrected chi connectivity index (χ4v) is 1.57. The minimum Gasteiger partial charge on any atom is -0.377 e. The first-order valence-electron chi connectivity index (χ1n) is 6.45. The van der Waals surface area contributed by atoms with Crippen molar-refractivity contribution in [2.75, 3.05) is 33.3 Å². The second-order valence-electron chi connectivity index (χ2n) is 5.35. The van der Waals surface area contributed by atoms with Gasteiger partial charge in [0, 0.05) is 19.1 Å². The Labute approximate surface area is 102 Å². The van der Waals surface area contributed by atoms with Crippen LogP contribution in [0, 0.1) is 5.92 Å². The highest BCUT2D eigenvalue weighted by Crippen LogP contribution is 1.98. The molecule has 1 atom stereocenters. The first-order chi connectivity index (χ1) is 7.41. The van der Waals surface area contributed by atoms with Crippen LogP contribution < -0.4 is 5.32 Å². The number of hydrogen-bond acceptors (Lipinski definition) is 3. The lowest BCUT2D eigenvalue weighted by Crippen LogP contribution is -2.35. The van der Waals surface area contributed by atoms with Crippen molar-refractivity contribution >= 4 is 0 Å². The van der Waals surface area contributed by atoms with Gasteiger partial charge in [0.2, 0.25) is 0 Å². The van der Waals surface area contributed by atoms with Gasteiger partial charge < -0.3 is 15.0 Å². The van der Waals surface area contributed by atoms with Gasteiger partial charge >= 0.3 is 0 Å². The van der Waals surface area contributed by atoms with E-state index in [1.165, 1.54) is 0 Å². The van der Waals surface area contributed by atoms with Crippen molar-refractivity contribution in [2.45, 2.75) is 46.8 Å².